The Kier molecular flexibility index (Phi) is 3.30. The van der Waals surface area contributed by atoms with Crippen LogP contribution in [0.4, 0.5) is 0 Å². The van der Waals surface area contributed by atoms with Crippen molar-refractivity contribution in [3.63, 3.8) is 0 Å². The maximum Gasteiger partial charge on any atom is 0.157 e. The molecule has 2 aliphatic heterocycles. The minimum absolute atomic E-state index is 0.00575. The molecule has 3 rings (SSSR count). The summed E-state index contributed by atoms with van der Waals surface area (Å²) in [5.41, 5.74) is 1.23. The largest absolute Gasteiger partial charge is 0.346 e. The summed E-state index contributed by atoms with van der Waals surface area (Å²) >= 11 is 1.41. The first-order valence-electron chi connectivity index (χ1n) is 6.31. The van der Waals surface area contributed by atoms with Gasteiger partial charge in [0.05, 0.1) is 17.5 Å². The maximum absolute atomic E-state index is 11.7. The number of thioether (sulfide) groups is 1. The molecular weight excluding hydrogens is 280 g/mol. The van der Waals surface area contributed by atoms with E-state index >= 15 is 0 Å². The Bertz CT molecular complexity index is 586. The van der Waals surface area contributed by atoms with E-state index in [2.05, 4.69) is 12.1 Å². The molecule has 2 saturated heterocycles. The Morgan fingerprint density at radius 1 is 1.26 bits per heavy atom. The smallest absolute Gasteiger partial charge is 0.157 e. The van der Waals surface area contributed by atoms with Gasteiger partial charge in [-0.05, 0) is 12.0 Å². The van der Waals surface area contributed by atoms with Crippen LogP contribution in [0.25, 0.3) is 0 Å². The second-order valence-corrected chi connectivity index (χ2v) is 8.42. The fourth-order valence-electron chi connectivity index (χ4n) is 2.72. The molecule has 2 heterocycles. The average molecular weight is 296 g/mol. The van der Waals surface area contributed by atoms with Crippen LogP contribution in [-0.4, -0.2) is 47.8 Å². The highest BCUT2D eigenvalue weighted by Crippen LogP contribution is 2.37. The first-order valence-corrected chi connectivity index (χ1v) is 9.01. The van der Waals surface area contributed by atoms with E-state index in [-0.39, 0.29) is 22.8 Å². The van der Waals surface area contributed by atoms with Gasteiger partial charge in [-0.15, -0.1) is 0 Å². The van der Waals surface area contributed by atoms with Crippen molar-refractivity contribution < 1.29 is 8.42 Å². The fraction of sp³-hybridized carbons (Fsp3) is 0.462. The zero-order chi connectivity index (χ0) is 13.5. The van der Waals surface area contributed by atoms with Crippen molar-refractivity contribution in [3.8, 4) is 0 Å². The third-order valence-electron chi connectivity index (χ3n) is 3.68. The number of rotatable bonds is 3. The zero-order valence-corrected chi connectivity index (χ0v) is 12.1. The van der Waals surface area contributed by atoms with E-state index in [4.69, 9.17) is 5.41 Å². The van der Waals surface area contributed by atoms with Gasteiger partial charge in [0, 0.05) is 11.8 Å². The Balaban J connectivity index is 1.69. The van der Waals surface area contributed by atoms with Crippen molar-refractivity contribution in [1.29, 1.82) is 5.41 Å². The number of fused-ring (bicyclic) bond motifs is 1. The molecule has 0 aliphatic carbocycles. The molecule has 1 aromatic carbocycles. The molecule has 0 spiro atoms. The highest BCUT2D eigenvalue weighted by Gasteiger charge is 2.47. The van der Waals surface area contributed by atoms with E-state index in [0.717, 1.165) is 13.0 Å². The molecule has 1 aromatic rings. The number of nitrogens with zero attached hydrogens (tertiary/aromatic N) is 1. The van der Waals surface area contributed by atoms with Crippen molar-refractivity contribution in [2.75, 3.05) is 18.1 Å². The first-order chi connectivity index (χ1) is 9.05. The molecule has 6 heteroatoms. The molecule has 2 fully saturated rings. The van der Waals surface area contributed by atoms with Crippen LogP contribution in [0.15, 0.2) is 30.3 Å². The molecule has 1 N–H and O–H groups in total. The topological polar surface area (TPSA) is 61.2 Å². The van der Waals surface area contributed by atoms with Crippen molar-refractivity contribution >= 4 is 26.8 Å². The van der Waals surface area contributed by atoms with Gasteiger partial charge in [-0.2, -0.15) is 0 Å². The van der Waals surface area contributed by atoms with Crippen LogP contribution in [0, 0.1) is 5.41 Å². The van der Waals surface area contributed by atoms with E-state index < -0.39 is 9.84 Å². The van der Waals surface area contributed by atoms with E-state index in [1.165, 1.54) is 17.3 Å². The Morgan fingerprint density at radius 3 is 2.74 bits per heavy atom. The second-order valence-electron chi connectivity index (χ2n) is 5.03. The van der Waals surface area contributed by atoms with E-state index in [0.29, 0.717) is 5.17 Å². The van der Waals surface area contributed by atoms with Crippen molar-refractivity contribution in [2.45, 2.75) is 17.7 Å². The van der Waals surface area contributed by atoms with Crippen LogP contribution in [-0.2, 0) is 16.3 Å². The summed E-state index contributed by atoms with van der Waals surface area (Å²) in [5.74, 6) is 0.439. The van der Waals surface area contributed by atoms with E-state index in [1.807, 2.05) is 23.1 Å². The van der Waals surface area contributed by atoms with Gasteiger partial charge < -0.3 is 4.90 Å². The highest BCUT2D eigenvalue weighted by atomic mass is 32.2. The summed E-state index contributed by atoms with van der Waals surface area (Å²) in [7, 11) is -2.90. The van der Waals surface area contributed by atoms with Crippen LogP contribution < -0.4 is 0 Å². The van der Waals surface area contributed by atoms with Gasteiger partial charge in [0.1, 0.15) is 0 Å². The van der Waals surface area contributed by atoms with Crippen LogP contribution in [0.5, 0.6) is 0 Å². The van der Waals surface area contributed by atoms with E-state index in [1.54, 1.807) is 0 Å². The number of sulfone groups is 1. The molecule has 0 unspecified atom stereocenters. The lowest BCUT2D eigenvalue weighted by molar-refractivity contribution is 0.359. The molecule has 0 aromatic heterocycles. The van der Waals surface area contributed by atoms with Gasteiger partial charge in [0.15, 0.2) is 15.0 Å². The summed E-state index contributed by atoms with van der Waals surface area (Å²) in [4.78, 5) is 1.97. The number of nitrogens with one attached hydrogen (secondary N) is 1. The van der Waals surface area contributed by atoms with Crippen LogP contribution in [0.1, 0.15) is 5.56 Å². The highest BCUT2D eigenvalue weighted by molar-refractivity contribution is 8.15. The first kappa shape index (κ1) is 13.0. The van der Waals surface area contributed by atoms with E-state index in [9.17, 15) is 8.42 Å². The third-order valence-corrected chi connectivity index (χ3v) is 6.85. The second kappa shape index (κ2) is 4.83. The molecule has 0 saturated carbocycles. The van der Waals surface area contributed by atoms with Gasteiger partial charge in [-0.3, -0.25) is 5.41 Å². The number of benzene rings is 1. The average Bonchev–Trinajstić information content (AvgIpc) is 2.79. The maximum atomic E-state index is 11.7. The number of amidine groups is 1. The minimum Gasteiger partial charge on any atom is -0.346 e. The minimum atomic E-state index is -2.90. The molecule has 102 valence electrons. The van der Waals surface area contributed by atoms with Crippen molar-refractivity contribution in [1.82, 2.24) is 4.90 Å². The summed E-state index contributed by atoms with van der Waals surface area (Å²) in [6.45, 7) is 0.729. The van der Waals surface area contributed by atoms with Gasteiger partial charge >= 0.3 is 0 Å². The molecule has 2 aliphatic rings. The Morgan fingerprint density at radius 2 is 2.00 bits per heavy atom. The molecule has 0 radical (unpaired) electrons. The molecular formula is C13H16N2O2S2. The lowest BCUT2D eigenvalue weighted by Gasteiger charge is -2.23. The normalized spacial score (nSPS) is 28.6. The van der Waals surface area contributed by atoms with Gasteiger partial charge in [0.25, 0.3) is 0 Å². The lowest BCUT2D eigenvalue weighted by Crippen LogP contribution is -2.38. The fourth-order valence-corrected chi connectivity index (χ4v) is 6.58. The molecule has 4 nitrogen and oxygen atoms in total. The van der Waals surface area contributed by atoms with Crippen molar-refractivity contribution in [3.05, 3.63) is 35.9 Å². The summed E-state index contributed by atoms with van der Waals surface area (Å²) < 4.78 is 23.3. The summed E-state index contributed by atoms with van der Waals surface area (Å²) in [6, 6.07) is 10.1. The van der Waals surface area contributed by atoms with Crippen LogP contribution in [0.3, 0.4) is 0 Å². The monoisotopic (exact) mass is 296 g/mol. The molecule has 19 heavy (non-hydrogen) atoms. The van der Waals surface area contributed by atoms with Gasteiger partial charge in [-0.1, -0.05) is 42.1 Å². The SMILES string of the molecule is N=C1S[C@H]2CS(=O)(=O)C[C@@H]2N1CCc1ccccc1. The number of hydrogen-bond donors (Lipinski definition) is 1. The van der Waals surface area contributed by atoms with Crippen LogP contribution in [0.2, 0.25) is 0 Å². The zero-order valence-electron chi connectivity index (χ0n) is 10.5. The number of hydrogen-bond acceptors (Lipinski definition) is 4. The Labute approximate surface area is 117 Å². The third kappa shape index (κ3) is 2.65. The quantitative estimate of drug-likeness (QED) is 0.915. The van der Waals surface area contributed by atoms with Crippen LogP contribution >= 0.6 is 11.8 Å². The predicted octanol–water partition coefficient (Wildman–Crippen LogP) is 1.38. The standard InChI is InChI=1S/C13H16N2O2S2/c14-13-15(7-6-10-4-2-1-3-5-10)11-8-19(16,17)9-12(11)18-13/h1-5,11-12,14H,6-9H2/t11-,12-/m0/s1. The predicted molar refractivity (Wildman–Crippen MR) is 78.4 cm³/mol. The van der Waals surface area contributed by atoms with Gasteiger partial charge in [0.2, 0.25) is 0 Å². The molecule has 0 amide bonds. The van der Waals surface area contributed by atoms with Gasteiger partial charge in [-0.25, -0.2) is 8.42 Å². The summed E-state index contributed by atoms with van der Waals surface area (Å²) in [5, 5.41) is 8.58. The summed E-state index contributed by atoms with van der Waals surface area (Å²) in [6.07, 6.45) is 0.854. The van der Waals surface area contributed by atoms with Crippen molar-refractivity contribution in [2.24, 2.45) is 0 Å². The Hall–Kier alpha value is -1.01. The molecule has 0 bridgehead atoms. The molecule has 2 atom stereocenters. The lowest BCUT2D eigenvalue weighted by atomic mass is 10.1.